The Balaban J connectivity index is 2.27. The fourth-order valence-electron chi connectivity index (χ4n) is 2.63. The second kappa shape index (κ2) is 6.37. The Labute approximate surface area is 127 Å². The smallest absolute Gasteiger partial charge is 0.357 e. The highest BCUT2D eigenvalue weighted by Gasteiger charge is 2.35. The van der Waals surface area contributed by atoms with E-state index in [1.807, 2.05) is 6.92 Å². The molecule has 0 saturated heterocycles. The molecule has 2 atom stereocenters. The molecule has 0 radical (unpaired) electrons. The lowest BCUT2D eigenvalue weighted by Crippen LogP contribution is -2.39. The van der Waals surface area contributed by atoms with Crippen LogP contribution in [-0.4, -0.2) is 46.7 Å². The maximum Gasteiger partial charge on any atom is 0.357 e. The first-order chi connectivity index (χ1) is 9.86. The number of carboxylic acids is 1. The van der Waals surface area contributed by atoms with E-state index in [0.29, 0.717) is 0 Å². The number of rotatable bonds is 6. The van der Waals surface area contributed by atoms with Gasteiger partial charge < -0.3 is 5.11 Å². The van der Waals surface area contributed by atoms with Gasteiger partial charge >= 0.3 is 5.97 Å². The minimum atomic E-state index is -3.90. The van der Waals surface area contributed by atoms with Gasteiger partial charge in [0.2, 0.25) is 10.0 Å². The second-order valence-corrected chi connectivity index (χ2v) is 8.15. The summed E-state index contributed by atoms with van der Waals surface area (Å²) < 4.78 is 27.7. The van der Waals surface area contributed by atoms with Crippen LogP contribution in [-0.2, 0) is 10.0 Å². The highest BCUT2D eigenvalue weighted by Crippen LogP contribution is 2.31. The van der Waals surface area contributed by atoms with Gasteiger partial charge in [-0.2, -0.15) is 16.9 Å². The number of aromatic amines is 1. The van der Waals surface area contributed by atoms with Crippen molar-refractivity contribution in [2.75, 3.05) is 5.75 Å². The van der Waals surface area contributed by atoms with Crippen LogP contribution in [0.4, 0.5) is 0 Å². The van der Waals surface area contributed by atoms with E-state index in [-0.39, 0.29) is 21.9 Å². The molecule has 1 aromatic rings. The summed E-state index contributed by atoms with van der Waals surface area (Å²) in [5.41, 5.74) is -0.227. The summed E-state index contributed by atoms with van der Waals surface area (Å²) in [5, 5.41) is 15.3. The molecule has 21 heavy (non-hydrogen) atoms. The number of aromatic nitrogens is 2. The third-order valence-electron chi connectivity index (χ3n) is 3.50. The van der Waals surface area contributed by atoms with Crippen LogP contribution in [0.2, 0.25) is 0 Å². The van der Waals surface area contributed by atoms with Crippen molar-refractivity contribution in [2.24, 2.45) is 0 Å². The third-order valence-corrected chi connectivity index (χ3v) is 6.48. The van der Waals surface area contributed by atoms with E-state index in [1.54, 1.807) is 11.8 Å². The van der Waals surface area contributed by atoms with Crippen LogP contribution < -0.4 is 4.72 Å². The van der Waals surface area contributed by atoms with E-state index in [4.69, 9.17) is 5.11 Å². The van der Waals surface area contributed by atoms with Gasteiger partial charge in [0, 0.05) is 11.3 Å². The predicted molar refractivity (Wildman–Crippen MR) is 80.2 cm³/mol. The van der Waals surface area contributed by atoms with Crippen LogP contribution in [0, 0.1) is 6.92 Å². The first kappa shape index (κ1) is 16.3. The second-order valence-electron chi connectivity index (χ2n) is 4.98. The van der Waals surface area contributed by atoms with Gasteiger partial charge in [-0.05, 0) is 25.5 Å². The third kappa shape index (κ3) is 3.41. The number of aromatic carboxylic acids is 1. The predicted octanol–water partition coefficient (Wildman–Crippen LogP) is 1.37. The van der Waals surface area contributed by atoms with Crippen LogP contribution >= 0.6 is 11.8 Å². The molecular formula is C12H19N3O4S2. The van der Waals surface area contributed by atoms with E-state index in [2.05, 4.69) is 14.9 Å². The lowest BCUT2D eigenvalue weighted by atomic mass is 10.3. The Morgan fingerprint density at radius 2 is 2.24 bits per heavy atom. The molecule has 0 aromatic carbocycles. The summed E-state index contributed by atoms with van der Waals surface area (Å²) in [6, 6.07) is -0.157. The minimum absolute atomic E-state index is 0.157. The van der Waals surface area contributed by atoms with Crippen LogP contribution in [0.15, 0.2) is 4.90 Å². The van der Waals surface area contributed by atoms with Crippen molar-refractivity contribution >= 4 is 27.8 Å². The molecule has 2 rings (SSSR count). The lowest BCUT2D eigenvalue weighted by Gasteiger charge is -2.20. The van der Waals surface area contributed by atoms with Crippen molar-refractivity contribution in [2.45, 2.75) is 49.3 Å². The van der Waals surface area contributed by atoms with Gasteiger partial charge in [0.05, 0.1) is 5.69 Å². The molecular weight excluding hydrogens is 314 g/mol. The highest BCUT2D eigenvalue weighted by molar-refractivity contribution is 8.00. The summed E-state index contributed by atoms with van der Waals surface area (Å²) in [5.74, 6) is -0.431. The number of nitrogens with zero attached hydrogens (tertiary/aromatic N) is 1. The Kier molecular flexibility index (Phi) is 4.95. The first-order valence-electron chi connectivity index (χ1n) is 6.79. The average molecular weight is 333 g/mol. The molecule has 1 heterocycles. The zero-order valence-corrected chi connectivity index (χ0v) is 13.6. The van der Waals surface area contributed by atoms with Crippen molar-refractivity contribution in [3.8, 4) is 0 Å². The van der Waals surface area contributed by atoms with E-state index < -0.39 is 21.7 Å². The number of nitrogens with one attached hydrogen (secondary N) is 2. The van der Waals surface area contributed by atoms with Crippen LogP contribution in [0.3, 0.4) is 0 Å². The summed E-state index contributed by atoms with van der Waals surface area (Å²) in [4.78, 5) is 10.8. The molecule has 1 aliphatic carbocycles. The van der Waals surface area contributed by atoms with Crippen molar-refractivity contribution in [3.63, 3.8) is 0 Å². The molecule has 118 valence electrons. The molecule has 1 fully saturated rings. The van der Waals surface area contributed by atoms with Crippen LogP contribution in [0.1, 0.15) is 42.4 Å². The van der Waals surface area contributed by atoms with Gasteiger partial charge in [0.15, 0.2) is 5.69 Å². The Morgan fingerprint density at radius 3 is 2.86 bits per heavy atom. The lowest BCUT2D eigenvalue weighted by molar-refractivity contribution is 0.0686. The first-order valence-corrected chi connectivity index (χ1v) is 9.32. The van der Waals surface area contributed by atoms with E-state index in [0.717, 1.165) is 25.0 Å². The quantitative estimate of drug-likeness (QED) is 0.725. The summed E-state index contributed by atoms with van der Waals surface area (Å²) in [6.45, 7) is 3.54. The number of sulfonamides is 1. The van der Waals surface area contributed by atoms with E-state index in [1.165, 1.54) is 6.92 Å². The summed E-state index contributed by atoms with van der Waals surface area (Å²) in [7, 11) is -3.90. The van der Waals surface area contributed by atoms with Crippen LogP contribution in [0.25, 0.3) is 0 Å². The molecule has 1 saturated carbocycles. The zero-order valence-electron chi connectivity index (χ0n) is 11.9. The molecule has 0 amide bonds. The van der Waals surface area contributed by atoms with Crippen molar-refractivity contribution < 1.29 is 18.3 Å². The Morgan fingerprint density at radius 1 is 1.52 bits per heavy atom. The van der Waals surface area contributed by atoms with Gasteiger partial charge in [-0.15, -0.1) is 0 Å². The summed E-state index contributed by atoms with van der Waals surface area (Å²) in [6.07, 6.45) is 2.72. The van der Waals surface area contributed by atoms with Gasteiger partial charge in [0.25, 0.3) is 0 Å². The maximum absolute atomic E-state index is 12.5. The number of hydrogen-bond acceptors (Lipinski definition) is 5. The molecule has 9 heteroatoms. The average Bonchev–Trinajstić information content (AvgIpc) is 2.97. The largest absolute Gasteiger partial charge is 0.476 e. The Bertz CT molecular complexity index is 626. The monoisotopic (exact) mass is 333 g/mol. The summed E-state index contributed by atoms with van der Waals surface area (Å²) >= 11 is 1.73. The molecule has 2 unspecified atom stereocenters. The molecule has 3 N–H and O–H groups in total. The highest BCUT2D eigenvalue weighted by atomic mass is 32.2. The fraction of sp³-hybridized carbons (Fsp3) is 0.667. The Hall–Kier alpha value is -1.06. The van der Waals surface area contributed by atoms with E-state index in [9.17, 15) is 13.2 Å². The van der Waals surface area contributed by atoms with Gasteiger partial charge in [0.1, 0.15) is 4.90 Å². The fourth-order valence-corrected chi connectivity index (χ4v) is 5.54. The molecule has 1 aliphatic rings. The van der Waals surface area contributed by atoms with Crippen LogP contribution in [0.5, 0.6) is 0 Å². The number of aryl methyl sites for hydroxylation is 1. The zero-order chi connectivity index (χ0) is 15.6. The number of carbonyl (C=O) groups is 1. The molecule has 0 bridgehead atoms. The number of carboxylic acid groups (broad SMARTS) is 1. The number of H-pyrrole nitrogens is 1. The van der Waals surface area contributed by atoms with Gasteiger partial charge in [-0.1, -0.05) is 13.3 Å². The minimum Gasteiger partial charge on any atom is -0.476 e. The SMILES string of the molecule is CCSC1CCCC1NS(=O)(=O)c1c(C(=O)O)n[nH]c1C. The number of hydrogen-bond donors (Lipinski definition) is 3. The molecule has 7 nitrogen and oxygen atoms in total. The van der Waals surface area contributed by atoms with Crippen molar-refractivity contribution in [3.05, 3.63) is 11.4 Å². The number of thioether (sulfide) groups is 1. The van der Waals surface area contributed by atoms with Crippen molar-refractivity contribution in [1.82, 2.24) is 14.9 Å². The normalized spacial score (nSPS) is 22.6. The van der Waals surface area contributed by atoms with E-state index >= 15 is 0 Å². The topological polar surface area (TPSA) is 112 Å². The molecule has 0 aliphatic heterocycles. The van der Waals surface area contributed by atoms with Gasteiger partial charge in [-0.3, -0.25) is 5.10 Å². The molecule has 0 spiro atoms. The molecule has 1 aromatic heterocycles. The standard InChI is InChI=1S/C12H19N3O4S2/c1-3-20-9-6-4-5-8(9)15-21(18,19)11-7(2)13-14-10(11)12(16)17/h8-9,15H,3-6H2,1-2H3,(H,13,14)(H,16,17). The maximum atomic E-state index is 12.5. The van der Waals surface area contributed by atoms with Crippen molar-refractivity contribution in [1.29, 1.82) is 0 Å². The van der Waals surface area contributed by atoms with Gasteiger partial charge in [-0.25, -0.2) is 17.9 Å².